The van der Waals surface area contributed by atoms with Crippen molar-refractivity contribution < 1.29 is 45.3 Å². The number of pyridine rings is 4. The Labute approximate surface area is 377 Å². The minimum Gasteiger partial charge on any atom is -0.444 e. The molecular formula is C41H43ClF6N12O6. The van der Waals surface area contributed by atoms with Gasteiger partial charge < -0.3 is 44.2 Å². The van der Waals surface area contributed by atoms with Crippen LogP contribution in [0.5, 0.6) is 11.5 Å². The van der Waals surface area contributed by atoms with Gasteiger partial charge in [-0.15, -0.1) is 38.7 Å². The number of halogens is 7. The molecule has 25 heteroatoms. The SMILES string of the molecule is Cl.Cn1cnc2c(-c3ccc(OC(F)(F)F)cn3)cnc(N[C@H]3CCN(C(=O)OC(C)(C)C)C3)c2c1=O.Cn1cnc2c(-c3ccc(OC(F)(F)F)cn3)cnc(N[C@H]3CCNC3)c2c1=O. The van der Waals surface area contributed by atoms with Crippen LogP contribution in [0.2, 0.25) is 0 Å². The molecule has 8 heterocycles. The van der Waals surface area contributed by atoms with Crippen molar-refractivity contribution in [2.45, 2.75) is 64.0 Å². The van der Waals surface area contributed by atoms with Gasteiger partial charge in [0.15, 0.2) is 0 Å². The normalized spacial score (nSPS) is 16.3. The zero-order chi connectivity index (χ0) is 46.8. The summed E-state index contributed by atoms with van der Waals surface area (Å²) in [6, 6.07) is 4.93. The fourth-order valence-electron chi connectivity index (χ4n) is 7.02. The van der Waals surface area contributed by atoms with Crippen LogP contribution >= 0.6 is 12.4 Å². The number of hydrogen-bond acceptors (Lipinski definition) is 15. The fourth-order valence-corrected chi connectivity index (χ4v) is 7.02. The summed E-state index contributed by atoms with van der Waals surface area (Å²) in [7, 11) is 3.14. The van der Waals surface area contributed by atoms with E-state index in [1.165, 1.54) is 46.3 Å². The fraction of sp³-hybridized carbons (Fsp3) is 0.390. The van der Waals surface area contributed by atoms with E-state index < -0.39 is 35.9 Å². The average Bonchev–Trinajstić information content (AvgIpc) is 3.93. The van der Waals surface area contributed by atoms with Gasteiger partial charge in [-0.05, 0) is 64.4 Å². The van der Waals surface area contributed by atoms with Crippen LogP contribution in [0, 0.1) is 0 Å². The summed E-state index contributed by atoms with van der Waals surface area (Å²) in [5.74, 6) is -0.199. The summed E-state index contributed by atoms with van der Waals surface area (Å²) in [6.07, 6.45) is -0.948. The standard InChI is InChI=1S/C23H25F3N6O4.C18H17F3N6O2.ClH/c1-22(2,3)36-21(34)32-8-7-13(11-32)30-19-17-18(29-12-31(4)20(17)33)15(10-28-19)16-6-5-14(9-27-16)35-23(24,25)26;1-27-9-25-15-12(13-3-2-11(7-23-13)29-18(19,20)21)8-24-16(14(15)17(27)28)26-10-4-5-22-6-10;/h5-6,9-10,12-13H,7-8,11H2,1-4H3,(H,28,30);2-3,7-10,22H,4-6H2,1H3,(H,24,26);1H/t13-;10-;/m00./s1. The number of alkyl halides is 6. The molecule has 6 aromatic heterocycles. The lowest BCUT2D eigenvalue weighted by molar-refractivity contribution is -0.275. The summed E-state index contributed by atoms with van der Waals surface area (Å²) in [5.41, 5.74) is 0.797. The molecule has 0 radical (unpaired) electrons. The van der Waals surface area contributed by atoms with Crippen LogP contribution in [0.3, 0.4) is 0 Å². The molecule has 3 N–H and O–H groups in total. The first-order valence-corrected chi connectivity index (χ1v) is 20.0. The molecule has 6 aromatic rings. The van der Waals surface area contributed by atoms with Gasteiger partial charge in [-0.2, -0.15) is 0 Å². The molecule has 2 saturated heterocycles. The average molecular weight is 949 g/mol. The van der Waals surface area contributed by atoms with Crippen LogP contribution in [-0.4, -0.2) is 107 Å². The molecule has 66 heavy (non-hydrogen) atoms. The Morgan fingerprint density at radius 2 is 1.18 bits per heavy atom. The van der Waals surface area contributed by atoms with Gasteiger partial charge >= 0.3 is 18.8 Å². The Bertz CT molecular complexity index is 2820. The van der Waals surface area contributed by atoms with E-state index in [4.69, 9.17) is 4.74 Å². The van der Waals surface area contributed by atoms with Crippen LogP contribution in [-0.2, 0) is 18.8 Å². The summed E-state index contributed by atoms with van der Waals surface area (Å²) >= 11 is 0. The first-order chi connectivity index (χ1) is 30.6. The number of amides is 1. The number of aromatic nitrogens is 8. The molecule has 18 nitrogen and oxygen atoms in total. The second-order valence-electron chi connectivity index (χ2n) is 16.1. The lowest BCUT2D eigenvalue weighted by atomic mass is 10.1. The lowest BCUT2D eigenvalue weighted by Crippen LogP contribution is -2.36. The third-order valence-electron chi connectivity index (χ3n) is 9.97. The molecule has 2 fully saturated rings. The topological polar surface area (TPSA) is 205 Å². The van der Waals surface area contributed by atoms with Crippen LogP contribution in [0.1, 0.15) is 33.6 Å². The van der Waals surface area contributed by atoms with E-state index in [1.807, 2.05) is 0 Å². The molecule has 2 atom stereocenters. The maximum absolute atomic E-state index is 13.0. The third-order valence-corrected chi connectivity index (χ3v) is 9.97. The van der Waals surface area contributed by atoms with Gasteiger partial charge in [0.2, 0.25) is 0 Å². The molecule has 0 aromatic carbocycles. The molecular weight excluding hydrogens is 906 g/mol. The molecule has 352 valence electrons. The Morgan fingerprint density at radius 1 is 0.697 bits per heavy atom. The van der Waals surface area contributed by atoms with Gasteiger partial charge in [0, 0.05) is 69.3 Å². The molecule has 0 unspecified atom stereocenters. The lowest BCUT2D eigenvalue weighted by Gasteiger charge is -2.24. The second-order valence-corrected chi connectivity index (χ2v) is 16.1. The number of ether oxygens (including phenoxy) is 3. The van der Waals surface area contributed by atoms with Crippen LogP contribution in [0.25, 0.3) is 44.3 Å². The first-order valence-electron chi connectivity index (χ1n) is 20.0. The molecule has 1 amide bonds. The number of nitrogens with zero attached hydrogens (tertiary/aromatic N) is 9. The predicted molar refractivity (Wildman–Crippen MR) is 231 cm³/mol. The van der Waals surface area contributed by atoms with Crippen molar-refractivity contribution in [3.8, 4) is 34.0 Å². The monoisotopic (exact) mass is 948 g/mol. The largest absolute Gasteiger partial charge is 0.573 e. The number of likely N-dealkylation sites (tertiary alicyclic amines) is 1. The maximum Gasteiger partial charge on any atom is 0.573 e. The zero-order valence-electron chi connectivity index (χ0n) is 35.8. The zero-order valence-corrected chi connectivity index (χ0v) is 36.6. The van der Waals surface area contributed by atoms with Crippen LogP contribution in [0.4, 0.5) is 42.8 Å². The molecule has 2 aliphatic rings. The molecule has 0 spiro atoms. The van der Waals surface area contributed by atoms with Crippen molar-refractivity contribution in [1.82, 2.24) is 49.3 Å². The van der Waals surface area contributed by atoms with Gasteiger partial charge in [0.25, 0.3) is 11.1 Å². The third kappa shape index (κ3) is 11.7. The highest BCUT2D eigenvalue weighted by atomic mass is 35.5. The van der Waals surface area contributed by atoms with Crippen molar-refractivity contribution in [3.63, 3.8) is 0 Å². The summed E-state index contributed by atoms with van der Waals surface area (Å²) in [5, 5.41) is 10.2. The van der Waals surface area contributed by atoms with Gasteiger partial charge in [-0.25, -0.2) is 24.7 Å². The number of rotatable bonds is 8. The highest BCUT2D eigenvalue weighted by Crippen LogP contribution is 2.32. The highest BCUT2D eigenvalue weighted by Gasteiger charge is 2.33. The Balaban J connectivity index is 0.000000220. The predicted octanol–water partition coefficient (Wildman–Crippen LogP) is 6.20. The van der Waals surface area contributed by atoms with Crippen LogP contribution < -0.4 is 36.5 Å². The van der Waals surface area contributed by atoms with Crippen molar-refractivity contribution in [3.05, 3.63) is 82.4 Å². The minimum atomic E-state index is -4.84. The molecule has 0 bridgehead atoms. The van der Waals surface area contributed by atoms with E-state index in [9.17, 15) is 40.7 Å². The maximum atomic E-state index is 13.0. The number of carbonyl (C=O) groups excluding carboxylic acids is 1. The quantitative estimate of drug-likeness (QED) is 0.146. The van der Waals surface area contributed by atoms with Gasteiger partial charge in [-0.3, -0.25) is 19.6 Å². The Morgan fingerprint density at radius 3 is 1.59 bits per heavy atom. The van der Waals surface area contributed by atoms with Crippen molar-refractivity contribution in [1.29, 1.82) is 0 Å². The number of aryl methyl sites for hydroxylation is 2. The van der Waals surface area contributed by atoms with Crippen LogP contribution in [0.15, 0.2) is 71.3 Å². The highest BCUT2D eigenvalue weighted by molar-refractivity contribution is 5.99. The van der Waals surface area contributed by atoms with E-state index >= 15 is 0 Å². The number of hydrogen-bond donors (Lipinski definition) is 3. The second kappa shape index (κ2) is 19.3. The smallest absolute Gasteiger partial charge is 0.444 e. The Kier molecular flexibility index (Phi) is 14.2. The number of fused-ring (bicyclic) bond motifs is 2. The summed E-state index contributed by atoms with van der Waals surface area (Å²) in [4.78, 5) is 65.4. The van der Waals surface area contributed by atoms with Gasteiger partial charge in [-0.1, -0.05) is 0 Å². The molecule has 0 saturated carbocycles. The van der Waals surface area contributed by atoms with Gasteiger partial charge in [0.1, 0.15) is 39.5 Å². The van der Waals surface area contributed by atoms with Crippen molar-refractivity contribution in [2.24, 2.45) is 14.1 Å². The van der Waals surface area contributed by atoms with Crippen molar-refractivity contribution >= 4 is 51.9 Å². The minimum absolute atomic E-state index is 0. The summed E-state index contributed by atoms with van der Waals surface area (Å²) in [6.45, 7) is 7.86. The van der Waals surface area contributed by atoms with E-state index in [-0.39, 0.29) is 58.0 Å². The number of carbonyl (C=O) groups is 1. The number of nitrogens with one attached hydrogen (secondary N) is 3. The van der Waals surface area contributed by atoms with E-state index in [0.717, 1.165) is 44.0 Å². The molecule has 8 rings (SSSR count). The van der Waals surface area contributed by atoms with Crippen molar-refractivity contribution in [2.75, 3.05) is 36.8 Å². The van der Waals surface area contributed by atoms with E-state index in [1.54, 1.807) is 39.8 Å². The van der Waals surface area contributed by atoms with E-state index in [2.05, 4.69) is 55.3 Å². The van der Waals surface area contributed by atoms with Gasteiger partial charge in [0.05, 0.1) is 47.5 Å². The van der Waals surface area contributed by atoms with E-state index in [0.29, 0.717) is 53.1 Å². The molecule has 0 aliphatic carbocycles. The molecule has 2 aliphatic heterocycles. The first kappa shape index (κ1) is 48.6. The summed E-state index contributed by atoms with van der Waals surface area (Å²) < 4.78 is 90.2. The number of anilines is 2. The Hall–Kier alpha value is -6.82.